The number of carbonyl (C=O) groups is 1. The standard InChI is InChI=1S/C24H23N5O3S/c1-3-28(20-11-5-4-6-12-20)33(31,32)21-13-9-10-19(17-21)24(30)26-23-16-18(2)27-29(23)22-14-7-8-15-25-22/h4-17H,3H2,1-2H3,(H,26,30). The zero-order chi connectivity index (χ0) is 23.4. The fraction of sp³-hybridized carbons (Fsp3) is 0.125. The third kappa shape index (κ3) is 4.63. The highest BCUT2D eigenvalue weighted by Gasteiger charge is 2.24. The van der Waals surface area contributed by atoms with Gasteiger partial charge in [0.15, 0.2) is 5.82 Å². The van der Waals surface area contributed by atoms with Gasteiger partial charge in [0.05, 0.1) is 16.3 Å². The van der Waals surface area contributed by atoms with Crippen molar-refractivity contribution in [3.63, 3.8) is 0 Å². The average molecular weight is 462 g/mol. The van der Waals surface area contributed by atoms with Gasteiger partial charge < -0.3 is 5.32 Å². The van der Waals surface area contributed by atoms with Crippen molar-refractivity contribution < 1.29 is 13.2 Å². The van der Waals surface area contributed by atoms with Gasteiger partial charge in [-0.2, -0.15) is 9.78 Å². The first-order chi connectivity index (χ1) is 15.9. The minimum absolute atomic E-state index is 0.0373. The first kappa shape index (κ1) is 22.2. The number of nitrogens with zero attached hydrogens (tertiary/aromatic N) is 4. The van der Waals surface area contributed by atoms with Crippen LogP contribution in [0.5, 0.6) is 0 Å². The lowest BCUT2D eigenvalue weighted by molar-refractivity contribution is 0.102. The fourth-order valence-electron chi connectivity index (χ4n) is 3.44. The molecule has 4 rings (SSSR count). The number of sulfonamides is 1. The van der Waals surface area contributed by atoms with Crippen LogP contribution in [0, 0.1) is 6.92 Å². The molecule has 1 amide bonds. The van der Waals surface area contributed by atoms with E-state index in [9.17, 15) is 13.2 Å². The van der Waals surface area contributed by atoms with E-state index in [4.69, 9.17) is 0 Å². The Morgan fingerprint density at radius 3 is 2.45 bits per heavy atom. The van der Waals surface area contributed by atoms with E-state index in [0.717, 1.165) is 0 Å². The zero-order valence-corrected chi connectivity index (χ0v) is 19.0. The summed E-state index contributed by atoms with van der Waals surface area (Å²) in [7, 11) is -3.85. The van der Waals surface area contributed by atoms with Crippen LogP contribution < -0.4 is 9.62 Å². The smallest absolute Gasteiger partial charge is 0.264 e. The molecule has 0 saturated carbocycles. The van der Waals surface area contributed by atoms with Gasteiger partial charge in [0, 0.05) is 24.4 Å². The molecule has 2 aromatic carbocycles. The number of anilines is 2. The van der Waals surface area contributed by atoms with E-state index in [2.05, 4.69) is 15.4 Å². The molecule has 0 saturated heterocycles. The van der Waals surface area contributed by atoms with Crippen LogP contribution in [0.25, 0.3) is 5.82 Å². The molecule has 0 aliphatic rings. The molecule has 1 N–H and O–H groups in total. The van der Waals surface area contributed by atoms with E-state index < -0.39 is 15.9 Å². The van der Waals surface area contributed by atoms with Crippen molar-refractivity contribution in [1.82, 2.24) is 14.8 Å². The number of pyridine rings is 1. The van der Waals surface area contributed by atoms with Crippen molar-refractivity contribution >= 4 is 27.4 Å². The molecule has 9 heteroatoms. The molecule has 168 valence electrons. The molecule has 0 fully saturated rings. The molecule has 0 unspecified atom stereocenters. The number of para-hydroxylation sites is 1. The summed E-state index contributed by atoms with van der Waals surface area (Å²) in [4.78, 5) is 17.3. The molecular formula is C24H23N5O3S. The normalized spacial score (nSPS) is 11.2. The van der Waals surface area contributed by atoms with E-state index in [1.807, 2.05) is 19.1 Å². The highest BCUT2D eigenvalue weighted by Crippen LogP contribution is 2.24. The second kappa shape index (κ2) is 9.25. The lowest BCUT2D eigenvalue weighted by atomic mass is 10.2. The Morgan fingerprint density at radius 2 is 1.76 bits per heavy atom. The minimum Gasteiger partial charge on any atom is -0.306 e. The molecule has 0 aliphatic carbocycles. The third-order valence-electron chi connectivity index (χ3n) is 4.96. The molecule has 0 radical (unpaired) electrons. The lowest BCUT2D eigenvalue weighted by Crippen LogP contribution is -2.31. The van der Waals surface area contributed by atoms with Crippen LogP contribution in [0.1, 0.15) is 23.0 Å². The van der Waals surface area contributed by atoms with Crippen LogP contribution in [-0.2, 0) is 10.0 Å². The van der Waals surface area contributed by atoms with Crippen LogP contribution in [0.4, 0.5) is 11.5 Å². The minimum atomic E-state index is -3.85. The lowest BCUT2D eigenvalue weighted by Gasteiger charge is -2.23. The monoisotopic (exact) mass is 461 g/mol. The second-order valence-electron chi connectivity index (χ2n) is 7.26. The summed E-state index contributed by atoms with van der Waals surface area (Å²) in [6.45, 7) is 3.83. The summed E-state index contributed by atoms with van der Waals surface area (Å²) in [5, 5.41) is 7.20. The van der Waals surface area contributed by atoms with Gasteiger partial charge in [0.1, 0.15) is 5.82 Å². The summed E-state index contributed by atoms with van der Waals surface area (Å²) >= 11 is 0. The Labute approximate surface area is 192 Å². The van der Waals surface area contributed by atoms with Gasteiger partial charge in [-0.3, -0.25) is 9.10 Å². The van der Waals surface area contributed by atoms with Crippen molar-refractivity contribution in [2.45, 2.75) is 18.7 Å². The summed E-state index contributed by atoms with van der Waals surface area (Å²) in [5.74, 6) is 0.537. The Morgan fingerprint density at radius 1 is 1.00 bits per heavy atom. The summed E-state index contributed by atoms with van der Waals surface area (Å²) in [5.41, 5.74) is 1.48. The van der Waals surface area contributed by atoms with Crippen molar-refractivity contribution in [3.8, 4) is 5.82 Å². The summed E-state index contributed by atoms with van der Waals surface area (Å²) in [6.07, 6.45) is 1.64. The Bertz CT molecular complexity index is 1370. The number of nitrogens with one attached hydrogen (secondary N) is 1. The first-order valence-electron chi connectivity index (χ1n) is 10.4. The quantitative estimate of drug-likeness (QED) is 0.448. The highest BCUT2D eigenvalue weighted by molar-refractivity contribution is 7.92. The van der Waals surface area contributed by atoms with Gasteiger partial charge in [-0.1, -0.05) is 30.3 Å². The molecule has 0 aliphatic heterocycles. The predicted octanol–water partition coefficient (Wildman–Crippen LogP) is 4.04. The largest absolute Gasteiger partial charge is 0.306 e. The van der Waals surface area contributed by atoms with Crippen molar-refractivity contribution in [3.05, 3.63) is 96.3 Å². The van der Waals surface area contributed by atoms with E-state index in [1.165, 1.54) is 21.1 Å². The van der Waals surface area contributed by atoms with Crippen LogP contribution in [-0.4, -0.2) is 35.6 Å². The number of hydrogen-bond donors (Lipinski definition) is 1. The van der Waals surface area contributed by atoms with Gasteiger partial charge in [0.25, 0.3) is 15.9 Å². The molecule has 4 aromatic rings. The maximum Gasteiger partial charge on any atom is 0.264 e. The predicted molar refractivity (Wildman–Crippen MR) is 127 cm³/mol. The summed E-state index contributed by atoms with van der Waals surface area (Å²) < 4.78 is 29.5. The van der Waals surface area contributed by atoms with Gasteiger partial charge in [0.2, 0.25) is 0 Å². The molecule has 2 aromatic heterocycles. The average Bonchev–Trinajstić information content (AvgIpc) is 3.20. The van der Waals surface area contributed by atoms with Gasteiger partial charge in [-0.15, -0.1) is 0 Å². The van der Waals surface area contributed by atoms with E-state index in [0.29, 0.717) is 23.0 Å². The topological polar surface area (TPSA) is 97.2 Å². The molecule has 33 heavy (non-hydrogen) atoms. The molecule has 0 atom stereocenters. The Balaban J connectivity index is 1.63. The van der Waals surface area contributed by atoms with Crippen molar-refractivity contribution in [2.24, 2.45) is 0 Å². The van der Waals surface area contributed by atoms with Crippen molar-refractivity contribution in [1.29, 1.82) is 0 Å². The maximum atomic E-state index is 13.3. The number of benzene rings is 2. The fourth-order valence-corrected chi connectivity index (χ4v) is 4.96. The Hall–Kier alpha value is -3.98. The van der Waals surface area contributed by atoms with Gasteiger partial charge in [-0.05, 0) is 56.3 Å². The maximum absolute atomic E-state index is 13.3. The Kier molecular flexibility index (Phi) is 6.23. The number of amides is 1. The second-order valence-corrected chi connectivity index (χ2v) is 9.12. The summed E-state index contributed by atoms with van der Waals surface area (Å²) in [6, 6.07) is 22.0. The molecule has 2 heterocycles. The molecule has 0 bridgehead atoms. The zero-order valence-electron chi connectivity index (χ0n) is 18.2. The van der Waals surface area contributed by atoms with Crippen LogP contribution in [0.3, 0.4) is 0 Å². The highest BCUT2D eigenvalue weighted by atomic mass is 32.2. The number of hydrogen-bond acceptors (Lipinski definition) is 5. The van der Waals surface area contributed by atoms with Crippen LogP contribution >= 0.6 is 0 Å². The van der Waals surface area contributed by atoms with Crippen LogP contribution in [0.15, 0.2) is 90.0 Å². The van der Waals surface area contributed by atoms with Crippen LogP contribution in [0.2, 0.25) is 0 Å². The van der Waals surface area contributed by atoms with E-state index in [1.54, 1.807) is 67.7 Å². The van der Waals surface area contributed by atoms with Gasteiger partial charge >= 0.3 is 0 Å². The number of aryl methyl sites for hydroxylation is 1. The number of rotatable bonds is 7. The van der Waals surface area contributed by atoms with E-state index in [-0.39, 0.29) is 17.0 Å². The molecular weight excluding hydrogens is 438 g/mol. The third-order valence-corrected chi connectivity index (χ3v) is 6.85. The van der Waals surface area contributed by atoms with E-state index >= 15 is 0 Å². The van der Waals surface area contributed by atoms with Crippen molar-refractivity contribution in [2.75, 3.05) is 16.2 Å². The SMILES string of the molecule is CCN(c1ccccc1)S(=O)(=O)c1cccc(C(=O)Nc2cc(C)nn2-c2ccccn2)c1. The number of carbonyl (C=O) groups excluding carboxylic acids is 1. The first-order valence-corrected chi connectivity index (χ1v) is 11.8. The van der Waals surface area contributed by atoms with Gasteiger partial charge in [-0.25, -0.2) is 13.4 Å². The molecule has 0 spiro atoms. The number of aromatic nitrogens is 3. The molecule has 8 nitrogen and oxygen atoms in total.